The van der Waals surface area contributed by atoms with Crippen LogP contribution in [0.2, 0.25) is 0 Å². The minimum atomic E-state index is 1.17. The van der Waals surface area contributed by atoms with Crippen LogP contribution in [-0.2, 0) is 0 Å². The summed E-state index contributed by atoms with van der Waals surface area (Å²) in [6.45, 7) is 0. The van der Waals surface area contributed by atoms with E-state index in [0.717, 1.165) is 0 Å². The summed E-state index contributed by atoms with van der Waals surface area (Å²) in [5.74, 6) is 0. The number of nitrogens with one attached hydrogen (secondary N) is 1. The van der Waals surface area contributed by atoms with Crippen molar-refractivity contribution in [1.29, 1.82) is 0 Å². The van der Waals surface area contributed by atoms with Gasteiger partial charge in [0, 0.05) is 38.3 Å². The van der Waals surface area contributed by atoms with E-state index >= 15 is 0 Å². The molecule has 0 bridgehead atoms. The zero-order valence-electron chi connectivity index (χ0n) is 17.4. The molecule has 7 aromatic rings. The average Bonchev–Trinajstić information content (AvgIpc) is 3.39. The Kier molecular flexibility index (Phi) is 3.58. The molecule has 2 aromatic heterocycles. The van der Waals surface area contributed by atoms with Crippen molar-refractivity contribution in [3.63, 3.8) is 0 Å². The summed E-state index contributed by atoms with van der Waals surface area (Å²) in [7, 11) is 0. The third-order valence-corrected chi connectivity index (χ3v) is 6.52. The standard InChI is InChI=1S/C30H20N2/c1-4-13-27-23(10-1)26-19-21(16-17-28(26)31-27)20-8-7-9-22(18-20)32-29-14-5-2-11-24(29)25-12-3-6-15-30(25)32/h1-19,31H. The van der Waals surface area contributed by atoms with E-state index in [9.17, 15) is 0 Å². The third kappa shape index (κ3) is 2.47. The van der Waals surface area contributed by atoms with Gasteiger partial charge in [0.1, 0.15) is 0 Å². The number of rotatable bonds is 2. The van der Waals surface area contributed by atoms with Crippen LogP contribution in [-0.4, -0.2) is 9.55 Å². The molecule has 1 N–H and O–H groups in total. The number of para-hydroxylation sites is 3. The van der Waals surface area contributed by atoms with E-state index in [1.165, 1.54) is 60.4 Å². The fourth-order valence-electron chi connectivity index (χ4n) is 5.05. The lowest BCUT2D eigenvalue weighted by Gasteiger charge is -2.10. The highest BCUT2D eigenvalue weighted by atomic mass is 15.0. The highest BCUT2D eigenvalue weighted by Crippen LogP contribution is 2.34. The predicted octanol–water partition coefficient (Wildman–Crippen LogP) is 8.09. The molecule has 0 radical (unpaired) electrons. The van der Waals surface area contributed by atoms with Crippen molar-refractivity contribution >= 4 is 43.6 Å². The van der Waals surface area contributed by atoms with Crippen molar-refractivity contribution in [3.8, 4) is 16.8 Å². The molecule has 0 saturated carbocycles. The highest BCUT2D eigenvalue weighted by molar-refractivity contribution is 6.10. The zero-order valence-corrected chi connectivity index (χ0v) is 17.4. The number of H-pyrrole nitrogens is 1. The summed E-state index contributed by atoms with van der Waals surface area (Å²) in [6.07, 6.45) is 0. The van der Waals surface area contributed by atoms with Crippen LogP contribution in [0.25, 0.3) is 60.4 Å². The first-order valence-electron chi connectivity index (χ1n) is 11.0. The molecule has 2 heterocycles. The SMILES string of the molecule is c1cc(-c2ccc3[nH]c4ccccc4c3c2)cc(-n2c3ccccc3c3ccccc32)c1. The molecule has 150 valence electrons. The van der Waals surface area contributed by atoms with Gasteiger partial charge in [-0.25, -0.2) is 0 Å². The van der Waals surface area contributed by atoms with Gasteiger partial charge in [-0.05, 0) is 53.6 Å². The number of hydrogen-bond donors (Lipinski definition) is 1. The molecule has 0 fully saturated rings. The Balaban J connectivity index is 1.45. The number of hydrogen-bond acceptors (Lipinski definition) is 0. The normalized spacial score (nSPS) is 11.8. The fourth-order valence-corrected chi connectivity index (χ4v) is 5.05. The first-order valence-corrected chi connectivity index (χ1v) is 11.0. The number of aromatic nitrogens is 2. The second-order valence-corrected chi connectivity index (χ2v) is 8.35. The lowest BCUT2D eigenvalue weighted by molar-refractivity contribution is 1.18. The maximum Gasteiger partial charge on any atom is 0.0541 e. The van der Waals surface area contributed by atoms with Crippen LogP contribution in [0.15, 0.2) is 115 Å². The van der Waals surface area contributed by atoms with Gasteiger partial charge in [0.15, 0.2) is 0 Å². The number of aromatic amines is 1. The molecule has 0 aliphatic heterocycles. The molecule has 5 aromatic carbocycles. The molecule has 0 spiro atoms. The van der Waals surface area contributed by atoms with Crippen molar-refractivity contribution in [2.24, 2.45) is 0 Å². The lowest BCUT2D eigenvalue weighted by Crippen LogP contribution is -1.94. The van der Waals surface area contributed by atoms with Gasteiger partial charge in [-0.3, -0.25) is 0 Å². The molecule has 2 nitrogen and oxygen atoms in total. The first-order chi connectivity index (χ1) is 15.9. The number of benzene rings is 5. The molecule has 0 atom stereocenters. The minimum Gasteiger partial charge on any atom is -0.355 e. The zero-order chi connectivity index (χ0) is 21.1. The van der Waals surface area contributed by atoms with Gasteiger partial charge in [0.05, 0.1) is 11.0 Å². The molecule has 32 heavy (non-hydrogen) atoms. The van der Waals surface area contributed by atoms with E-state index in [4.69, 9.17) is 0 Å². The van der Waals surface area contributed by atoms with Crippen LogP contribution < -0.4 is 0 Å². The minimum absolute atomic E-state index is 1.17. The van der Waals surface area contributed by atoms with Gasteiger partial charge in [-0.2, -0.15) is 0 Å². The second-order valence-electron chi connectivity index (χ2n) is 8.35. The smallest absolute Gasteiger partial charge is 0.0541 e. The molecule has 0 aliphatic carbocycles. The topological polar surface area (TPSA) is 20.7 Å². The van der Waals surface area contributed by atoms with Crippen LogP contribution >= 0.6 is 0 Å². The molecule has 2 heteroatoms. The van der Waals surface area contributed by atoms with Gasteiger partial charge >= 0.3 is 0 Å². The molecule has 0 unspecified atom stereocenters. The van der Waals surface area contributed by atoms with Crippen LogP contribution in [0.3, 0.4) is 0 Å². The second kappa shape index (κ2) is 6.60. The van der Waals surface area contributed by atoms with Gasteiger partial charge in [0.25, 0.3) is 0 Å². The Hall–Kier alpha value is -4.30. The van der Waals surface area contributed by atoms with Crippen molar-refractivity contribution in [1.82, 2.24) is 9.55 Å². The van der Waals surface area contributed by atoms with E-state index in [2.05, 4.69) is 125 Å². The van der Waals surface area contributed by atoms with Gasteiger partial charge in [-0.1, -0.05) is 72.8 Å². The summed E-state index contributed by atoms with van der Waals surface area (Å²) < 4.78 is 2.37. The molecular formula is C30H20N2. The lowest BCUT2D eigenvalue weighted by atomic mass is 10.0. The Morgan fingerprint density at radius 2 is 1.06 bits per heavy atom. The third-order valence-electron chi connectivity index (χ3n) is 6.52. The van der Waals surface area contributed by atoms with Gasteiger partial charge < -0.3 is 9.55 Å². The maximum atomic E-state index is 3.53. The largest absolute Gasteiger partial charge is 0.355 e. The summed E-state index contributed by atoms with van der Waals surface area (Å²) in [5.41, 5.74) is 8.45. The predicted molar refractivity (Wildman–Crippen MR) is 136 cm³/mol. The van der Waals surface area contributed by atoms with Crippen molar-refractivity contribution < 1.29 is 0 Å². The number of fused-ring (bicyclic) bond motifs is 6. The summed E-state index contributed by atoms with van der Waals surface area (Å²) in [4.78, 5) is 3.53. The van der Waals surface area contributed by atoms with Crippen LogP contribution in [0.5, 0.6) is 0 Å². The van der Waals surface area contributed by atoms with E-state index < -0.39 is 0 Å². The Morgan fingerprint density at radius 3 is 1.84 bits per heavy atom. The quantitative estimate of drug-likeness (QED) is 0.298. The van der Waals surface area contributed by atoms with Crippen molar-refractivity contribution in [2.75, 3.05) is 0 Å². The highest BCUT2D eigenvalue weighted by Gasteiger charge is 2.12. The summed E-state index contributed by atoms with van der Waals surface area (Å²) in [5, 5.41) is 5.10. The van der Waals surface area contributed by atoms with Crippen LogP contribution in [0.4, 0.5) is 0 Å². The van der Waals surface area contributed by atoms with Crippen molar-refractivity contribution in [2.45, 2.75) is 0 Å². The van der Waals surface area contributed by atoms with E-state index in [0.29, 0.717) is 0 Å². The average molecular weight is 409 g/mol. The van der Waals surface area contributed by atoms with Crippen LogP contribution in [0, 0.1) is 0 Å². The maximum absolute atomic E-state index is 3.53. The van der Waals surface area contributed by atoms with Gasteiger partial charge in [-0.15, -0.1) is 0 Å². The fraction of sp³-hybridized carbons (Fsp3) is 0. The Morgan fingerprint density at radius 1 is 0.438 bits per heavy atom. The van der Waals surface area contributed by atoms with Crippen molar-refractivity contribution in [3.05, 3.63) is 115 Å². The monoisotopic (exact) mass is 408 g/mol. The Labute approximate surface area is 185 Å². The molecular weight excluding hydrogens is 388 g/mol. The van der Waals surface area contributed by atoms with E-state index in [1.807, 2.05) is 0 Å². The summed E-state index contributed by atoms with van der Waals surface area (Å²) in [6, 6.07) is 41.4. The van der Waals surface area contributed by atoms with Crippen LogP contribution in [0.1, 0.15) is 0 Å². The summed E-state index contributed by atoms with van der Waals surface area (Å²) >= 11 is 0. The Bertz CT molecular complexity index is 1730. The molecule has 7 rings (SSSR count). The number of nitrogens with zero attached hydrogens (tertiary/aromatic N) is 1. The van der Waals surface area contributed by atoms with E-state index in [1.54, 1.807) is 0 Å². The first kappa shape index (κ1) is 17.4. The molecule has 0 amide bonds. The van der Waals surface area contributed by atoms with E-state index in [-0.39, 0.29) is 0 Å². The molecule has 0 saturated heterocycles. The molecule has 0 aliphatic rings. The van der Waals surface area contributed by atoms with Gasteiger partial charge in [0.2, 0.25) is 0 Å².